The Balaban J connectivity index is 1.56. The van der Waals surface area contributed by atoms with E-state index in [1.165, 1.54) is 6.07 Å². The van der Waals surface area contributed by atoms with Gasteiger partial charge in [-0.2, -0.15) is 0 Å². The summed E-state index contributed by atoms with van der Waals surface area (Å²) in [6.07, 6.45) is 0.331. The summed E-state index contributed by atoms with van der Waals surface area (Å²) in [5, 5.41) is 5.74. The van der Waals surface area contributed by atoms with E-state index in [-0.39, 0.29) is 17.4 Å². The van der Waals surface area contributed by atoms with Gasteiger partial charge >= 0.3 is 0 Å². The molecule has 0 saturated heterocycles. The van der Waals surface area contributed by atoms with Crippen LogP contribution in [0.15, 0.2) is 95.8 Å². The van der Waals surface area contributed by atoms with Crippen molar-refractivity contribution >= 4 is 17.5 Å². The van der Waals surface area contributed by atoms with Crippen molar-refractivity contribution in [2.24, 2.45) is 0 Å². The van der Waals surface area contributed by atoms with Crippen LogP contribution >= 0.6 is 0 Å². The summed E-state index contributed by atoms with van der Waals surface area (Å²) in [5.74, 6) is -0.262. The van der Waals surface area contributed by atoms with Gasteiger partial charge in [-0.05, 0) is 36.8 Å². The fraction of sp³-hybridized carbons (Fsp3) is 0.111. The molecule has 0 aliphatic heterocycles. The molecule has 1 atom stereocenters. The van der Waals surface area contributed by atoms with Gasteiger partial charge < -0.3 is 15.6 Å². The normalized spacial score (nSPS) is 11.4. The number of aromatic amines is 1. The molecule has 0 bridgehead atoms. The van der Waals surface area contributed by atoms with Crippen molar-refractivity contribution in [1.82, 2.24) is 15.3 Å². The number of carbonyl (C=O) groups excluding carboxylic acids is 2. The van der Waals surface area contributed by atoms with E-state index in [1.54, 1.807) is 55.5 Å². The van der Waals surface area contributed by atoms with Crippen LogP contribution in [0.4, 0.5) is 5.69 Å². The molecule has 3 aromatic carbocycles. The third-order valence-corrected chi connectivity index (χ3v) is 5.21. The standard InChI is InChI=1S/C27H24N4O3/c1-18-15-24(32)31-25(28-18)21-13-8-14-22(17-21)29-27(34)23(16-19-9-4-2-5-10-19)30-26(33)20-11-6-3-7-12-20/h2-15,17,23H,16H2,1H3,(H,29,34)(H,30,33)(H,28,31,32). The molecule has 0 aliphatic rings. The second-order valence-electron chi connectivity index (χ2n) is 7.89. The second-order valence-corrected chi connectivity index (χ2v) is 7.89. The van der Waals surface area contributed by atoms with Crippen LogP contribution in [0.3, 0.4) is 0 Å². The van der Waals surface area contributed by atoms with Gasteiger partial charge in [-0.3, -0.25) is 14.4 Å². The van der Waals surface area contributed by atoms with E-state index >= 15 is 0 Å². The zero-order valence-corrected chi connectivity index (χ0v) is 18.6. The number of H-pyrrole nitrogens is 1. The highest BCUT2D eigenvalue weighted by Crippen LogP contribution is 2.19. The summed E-state index contributed by atoms with van der Waals surface area (Å²) < 4.78 is 0. The highest BCUT2D eigenvalue weighted by Gasteiger charge is 2.22. The topological polar surface area (TPSA) is 104 Å². The van der Waals surface area contributed by atoms with Crippen LogP contribution in [0, 0.1) is 6.92 Å². The molecule has 34 heavy (non-hydrogen) atoms. The van der Waals surface area contributed by atoms with E-state index < -0.39 is 6.04 Å². The quantitative estimate of drug-likeness (QED) is 0.397. The first-order valence-electron chi connectivity index (χ1n) is 10.9. The molecule has 7 nitrogen and oxygen atoms in total. The molecule has 7 heteroatoms. The van der Waals surface area contributed by atoms with Crippen molar-refractivity contribution in [3.8, 4) is 11.4 Å². The molecule has 0 radical (unpaired) electrons. The van der Waals surface area contributed by atoms with E-state index in [9.17, 15) is 14.4 Å². The molecule has 1 unspecified atom stereocenters. The number of nitrogens with one attached hydrogen (secondary N) is 3. The number of nitrogens with zero attached hydrogens (tertiary/aromatic N) is 1. The number of amides is 2. The lowest BCUT2D eigenvalue weighted by atomic mass is 10.0. The lowest BCUT2D eigenvalue weighted by molar-refractivity contribution is -0.118. The fourth-order valence-electron chi connectivity index (χ4n) is 3.58. The van der Waals surface area contributed by atoms with E-state index in [0.717, 1.165) is 5.56 Å². The minimum Gasteiger partial charge on any atom is -0.340 e. The Morgan fingerprint density at radius 1 is 0.912 bits per heavy atom. The average Bonchev–Trinajstić information content (AvgIpc) is 2.84. The van der Waals surface area contributed by atoms with Gasteiger partial charge in [0.15, 0.2) is 0 Å². The van der Waals surface area contributed by atoms with Crippen LogP contribution in [0.1, 0.15) is 21.6 Å². The van der Waals surface area contributed by atoms with Gasteiger partial charge in [-0.1, -0.05) is 60.7 Å². The predicted molar refractivity (Wildman–Crippen MR) is 132 cm³/mol. The van der Waals surface area contributed by atoms with Gasteiger partial charge in [0.05, 0.1) is 0 Å². The molecular formula is C27H24N4O3. The number of aryl methyl sites for hydroxylation is 1. The Bertz CT molecular complexity index is 1350. The zero-order chi connectivity index (χ0) is 23.9. The third kappa shape index (κ3) is 5.83. The summed E-state index contributed by atoms with van der Waals surface area (Å²) in [6.45, 7) is 1.74. The van der Waals surface area contributed by atoms with Gasteiger partial charge in [-0.15, -0.1) is 0 Å². The molecule has 1 heterocycles. The Morgan fingerprint density at radius 2 is 1.62 bits per heavy atom. The van der Waals surface area contributed by atoms with Crippen LogP contribution in [-0.2, 0) is 11.2 Å². The lowest BCUT2D eigenvalue weighted by Crippen LogP contribution is -2.45. The summed E-state index contributed by atoms with van der Waals surface area (Å²) >= 11 is 0. The SMILES string of the molecule is Cc1cc(=O)[nH]c(-c2cccc(NC(=O)C(Cc3ccccc3)NC(=O)c3ccccc3)c2)n1. The molecular weight excluding hydrogens is 428 g/mol. The summed E-state index contributed by atoms with van der Waals surface area (Å²) in [4.78, 5) is 44.9. The van der Waals surface area contributed by atoms with E-state index in [4.69, 9.17) is 0 Å². The number of carbonyl (C=O) groups is 2. The largest absolute Gasteiger partial charge is 0.340 e. The van der Waals surface area contributed by atoms with Gasteiger partial charge in [0.2, 0.25) is 5.91 Å². The van der Waals surface area contributed by atoms with Crippen molar-refractivity contribution in [1.29, 1.82) is 0 Å². The van der Waals surface area contributed by atoms with Gasteiger partial charge in [-0.25, -0.2) is 4.98 Å². The molecule has 1 aromatic heterocycles. The Kier molecular flexibility index (Phi) is 6.93. The van der Waals surface area contributed by atoms with Gasteiger partial charge in [0, 0.05) is 35.0 Å². The monoisotopic (exact) mass is 452 g/mol. The molecule has 3 N–H and O–H groups in total. The summed E-state index contributed by atoms with van der Waals surface area (Å²) in [6, 6.07) is 25.9. The van der Waals surface area contributed by atoms with Crippen LogP contribution < -0.4 is 16.2 Å². The van der Waals surface area contributed by atoms with Crippen LogP contribution in [0.2, 0.25) is 0 Å². The molecule has 2 amide bonds. The fourth-order valence-corrected chi connectivity index (χ4v) is 3.58. The number of hydrogen-bond donors (Lipinski definition) is 3. The smallest absolute Gasteiger partial charge is 0.251 e. The maximum Gasteiger partial charge on any atom is 0.251 e. The minimum atomic E-state index is -0.796. The second kappa shape index (κ2) is 10.4. The zero-order valence-electron chi connectivity index (χ0n) is 18.6. The minimum absolute atomic E-state index is 0.247. The number of rotatable bonds is 7. The highest BCUT2D eigenvalue weighted by atomic mass is 16.2. The lowest BCUT2D eigenvalue weighted by Gasteiger charge is -2.19. The molecule has 4 aromatic rings. The van der Waals surface area contributed by atoms with E-state index in [0.29, 0.717) is 34.8 Å². The van der Waals surface area contributed by atoms with Gasteiger partial charge in [0.25, 0.3) is 11.5 Å². The van der Waals surface area contributed by atoms with Crippen molar-refractivity contribution in [3.05, 3.63) is 118 Å². The molecule has 170 valence electrons. The first kappa shape index (κ1) is 22.7. The highest BCUT2D eigenvalue weighted by molar-refractivity contribution is 6.01. The number of hydrogen-bond acceptors (Lipinski definition) is 4. The predicted octanol–water partition coefficient (Wildman–Crippen LogP) is 3.73. The van der Waals surface area contributed by atoms with E-state index in [2.05, 4.69) is 20.6 Å². The van der Waals surface area contributed by atoms with Gasteiger partial charge in [0.1, 0.15) is 11.9 Å². The van der Waals surface area contributed by atoms with Crippen LogP contribution in [-0.4, -0.2) is 27.8 Å². The maximum absolute atomic E-state index is 13.2. The van der Waals surface area contributed by atoms with Crippen molar-refractivity contribution in [2.45, 2.75) is 19.4 Å². The summed E-state index contributed by atoms with van der Waals surface area (Å²) in [5.41, 5.74) is 2.93. The summed E-state index contributed by atoms with van der Waals surface area (Å²) in [7, 11) is 0. The number of aromatic nitrogens is 2. The molecule has 4 rings (SSSR count). The third-order valence-electron chi connectivity index (χ3n) is 5.21. The van der Waals surface area contributed by atoms with Crippen molar-refractivity contribution in [3.63, 3.8) is 0 Å². The maximum atomic E-state index is 13.2. The Labute approximate surface area is 196 Å². The van der Waals surface area contributed by atoms with Crippen molar-refractivity contribution in [2.75, 3.05) is 5.32 Å². The van der Waals surface area contributed by atoms with Crippen LogP contribution in [0.25, 0.3) is 11.4 Å². The van der Waals surface area contributed by atoms with Crippen molar-refractivity contribution < 1.29 is 9.59 Å². The van der Waals surface area contributed by atoms with E-state index in [1.807, 2.05) is 36.4 Å². The Hall–Kier alpha value is -4.52. The first-order chi connectivity index (χ1) is 16.5. The number of anilines is 1. The Morgan fingerprint density at radius 3 is 2.32 bits per heavy atom. The average molecular weight is 453 g/mol. The molecule has 0 aliphatic carbocycles. The molecule has 0 fully saturated rings. The van der Waals surface area contributed by atoms with Crippen LogP contribution in [0.5, 0.6) is 0 Å². The number of benzene rings is 3. The molecule has 0 saturated carbocycles. The first-order valence-corrected chi connectivity index (χ1v) is 10.9. The molecule has 0 spiro atoms.